The smallest absolute Gasteiger partial charge is 0.316 e. The number of hydrogen-bond acceptors (Lipinski definition) is 6. The van der Waals surface area contributed by atoms with Crippen LogP contribution in [0.2, 0.25) is 0 Å². The van der Waals surface area contributed by atoms with E-state index in [2.05, 4.69) is 95.1 Å². The van der Waals surface area contributed by atoms with Crippen molar-refractivity contribution in [2.45, 2.75) is 142 Å². The molecule has 0 saturated carbocycles. The lowest BCUT2D eigenvalue weighted by atomic mass is 10.1. The van der Waals surface area contributed by atoms with Gasteiger partial charge in [-0.05, 0) is 77.0 Å². The molecule has 43 heavy (non-hydrogen) atoms. The van der Waals surface area contributed by atoms with Gasteiger partial charge < -0.3 is 8.37 Å². The molecular formula is C36H58O6S. The number of carbonyl (C=O) groups excluding carboxylic acids is 2. The summed E-state index contributed by atoms with van der Waals surface area (Å²) in [5.41, 5.74) is 0. The van der Waals surface area contributed by atoms with Gasteiger partial charge in [-0.3, -0.25) is 9.59 Å². The molecule has 0 radical (unpaired) electrons. The van der Waals surface area contributed by atoms with Crippen molar-refractivity contribution in [1.29, 1.82) is 0 Å². The lowest BCUT2D eigenvalue weighted by Gasteiger charge is -2.06. The minimum Gasteiger partial charge on any atom is -0.316 e. The van der Waals surface area contributed by atoms with E-state index < -0.39 is 22.3 Å². The first-order valence-electron chi connectivity index (χ1n) is 16.5. The van der Waals surface area contributed by atoms with Gasteiger partial charge in [-0.2, -0.15) is 0 Å². The molecule has 0 aliphatic rings. The van der Waals surface area contributed by atoms with Gasteiger partial charge in [0.05, 0.1) is 0 Å². The topological polar surface area (TPSA) is 86.7 Å². The van der Waals surface area contributed by atoms with Crippen molar-refractivity contribution in [3.05, 3.63) is 72.9 Å². The molecule has 0 unspecified atom stereocenters. The Bertz CT molecular complexity index is 898. The summed E-state index contributed by atoms with van der Waals surface area (Å²) in [5, 5.41) is 0. The van der Waals surface area contributed by atoms with Crippen molar-refractivity contribution in [1.82, 2.24) is 0 Å². The monoisotopic (exact) mass is 618 g/mol. The van der Waals surface area contributed by atoms with Crippen LogP contribution in [-0.4, -0.2) is 20.4 Å². The zero-order chi connectivity index (χ0) is 31.7. The van der Waals surface area contributed by atoms with E-state index in [9.17, 15) is 18.0 Å². The number of carbonyl (C=O) groups is 2. The Kier molecular flexibility index (Phi) is 28.9. The maximum absolute atomic E-state index is 11.9. The molecule has 0 fully saturated rings. The van der Waals surface area contributed by atoms with E-state index in [4.69, 9.17) is 0 Å². The summed E-state index contributed by atoms with van der Waals surface area (Å²) < 4.78 is 32.5. The van der Waals surface area contributed by atoms with Crippen LogP contribution < -0.4 is 0 Å². The van der Waals surface area contributed by atoms with Crippen molar-refractivity contribution in [2.24, 2.45) is 0 Å². The predicted molar refractivity (Wildman–Crippen MR) is 180 cm³/mol. The third-order valence-corrected chi connectivity index (χ3v) is 7.23. The van der Waals surface area contributed by atoms with Crippen molar-refractivity contribution in [3.63, 3.8) is 0 Å². The summed E-state index contributed by atoms with van der Waals surface area (Å²) in [6, 6.07) is 0. The zero-order valence-corrected chi connectivity index (χ0v) is 27.7. The second-order valence-electron chi connectivity index (χ2n) is 10.5. The fraction of sp³-hybridized carbons (Fsp3) is 0.611. The van der Waals surface area contributed by atoms with Gasteiger partial charge in [0, 0.05) is 12.8 Å². The third kappa shape index (κ3) is 32.1. The Hall–Kier alpha value is -2.67. The molecule has 0 aliphatic carbocycles. The molecule has 0 aromatic rings. The molecule has 0 rings (SSSR count). The quantitative estimate of drug-likeness (QED) is 0.0640. The Morgan fingerprint density at radius 3 is 1.12 bits per heavy atom. The number of hydrogen-bond donors (Lipinski definition) is 0. The van der Waals surface area contributed by atoms with Gasteiger partial charge in [-0.25, -0.2) is 0 Å². The van der Waals surface area contributed by atoms with Crippen LogP contribution in [0.4, 0.5) is 0 Å². The second-order valence-corrected chi connectivity index (χ2v) is 11.7. The first kappa shape index (κ1) is 40.3. The van der Waals surface area contributed by atoms with E-state index in [0.717, 1.165) is 103 Å². The molecule has 0 spiro atoms. The molecule has 7 heteroatoms. The van der Waals surface area contributed by atoms with Crippen molar-refractivity contribution < 1.29 is 26.4 Å². The van der Waals surface area contributed by atoms with Crippen LogP contribution in [0, 0.1) is 0 Å². The van der Waals surface area contributed by atoms with Crippen molar-refractivity contribution >= 4 is 22.3 Å². The summed E-state index contributed by atoms with van der Waals surface area (Å²) in [6.45, 7) is 4.26. The Morgan fingerprint density at radius 2 is 0.744 bits per heavy atom. The van der Waals surface area contributed by atoms with Gasteiger partial charge in [0.2, 0.25) is 0 Å². The van der Waals surface area contributed by atoms with Crippen molar-refractivity contribution in [2.75, 3.05) is 0 Å². The molecular weight excluding hydrogens is 560 g/mol. The van der Waals surface area contributed by atoms with Crippen LogP contribution in [0.3, 0.4) is 0 Å². The third-order valence-electron chi connectivity index (χ3n) is 6.45. The summed E-state index contributed by atoms with van der Waals surface area (Å²) >= 11 is 0. The highest BCUT2D eigenvalue weighted by molar-refractivity contribution is 7.82. The maximum atomic E-state index is 11.9. The predicted octanol–water partition coefficient (Wildman–Crippen LogP) is 10.5. The molecule has 0 N–H and O–H groups in total. The average Bonchev–Trinajstić information content (AvgIpc) is 2.96. The highest BCUT2D eigenvalue weighted by Crippen LogP contribution is 2.12. The minimum absolute atomic E-state index is 0.0149. The van der Waals surface area contributed by atoms with Crippen LogP contribution in [0.5, 0.6) is 0 Å². The largest absolute Gasteiger partial charge is 0.506 e. The summed E-state index contributed by atoms with van der Waals surface area (Å²) in [4.78, 5) is 23.7. The fourth-order valence-electron chi connectivity index (χ4n) is 4.10. The van der Waals surface area contributed by atoms with Gasteiger partial charge in [0.25, 0.3) is 0 Å². The Morgan fingerprint density at radius 1 is 0.442 bits per heavy atom. The Labute approximate surface area is 263 Å². The number of rotatable bonds is 28. The number of unbranched alkanes of at least 4 members (excludes halogenated alkanes) is 10. The standard InChI is InChI=1S/C36H58O6S/c1-3-5-7-9-11-13-15-17-19-21-23-25-27-29-31-33-35(37)41-43(39,40)42-36(38)34-32-30-28-26-24-22-20-18-16-14-12-10-8-6-4-2/h5-8,11-14,17-20H,3-4,9-10,15-16,21-34H2,1-2H3/b7-5-,8-6-,13-11-,14-12-,19-17-,20-18-. The first-order valence-corrected chi connectivity index (χ1v) is 17.8. The lowest BCUT2D eigenvalue weighted by molar-refractivity contribution is -0.138. The maximum Gasteiger partial charge on any atom is 0.506 e. The first-order chi connectivity index (χ1) is 20.9. The van der Waals surface area contributed by atoms with Crippen LogP contribution in [0.15, 0.2) is 72.9 Å². The van der Waals surface area contributed by atoms with Crippen LogP contribution in [-0.2, 0) is 28.4 Å². The molecule has 6 nitrogen and oxygen atoms in total. The second kappa shape index (κ2) is 30.8. The van der Waals surface area contributed by atoms with Gasteiger partial charge >= 0.3 is 22.3 Å². The van der Waals surface area contributed by atoms with Gasteiger partial charge in [-0.15, -0.1) is 8.42 Å². The molecule has 0 saturated heterocycles. The fourth-order valence-corrected chi connectivity index (χ4v) is 4.76. The van der Waals surface area contributed by atoms with E-state index in [-0.39, 0.29) is 12.8 Å². The number of allylic oxidation sites excluding steroid dienone is 12. The SMILES string of the molecule is CC/C=C\C/C=C\C/C=C\CCCCCCCC(=O)OS(=O)(=O)OC(=O)CCCCCCC/C=C\C/C=C\C/C=C\CC. The van der Waals surface area contributed by atoms with Gasteiger partial charge in [-0.1, -0.05) is 125 Å². The van der Waals surface area contributed by atoms with Crippen LogP contribution >= 0.6 is 0 Å². The normalized spacial score (nSPS) is 12.7. The molecule has 0 aromatic carbocycles. The van der Waals surface area contributed by atoms with Crippen LogP contribution in [0.25, 0.3) is 0 Å². The van der Waals surface area contributed by atoms with Gasteiger partial charge in [0.1, 0.15) is 0 Å². The minimum atomic E-state index is -4.65. The highest BCUT2D eigenvalue weighted by atomic mass is 32.3. The molecule has 0 amide bonds. The lowest BCUT2D eigenvalue weighted by Crippen LogP contribution is -2.19. The molecule has 0 aromatic heterocycles. The Balaban J connectivity index is 3.72. The molecule has 0 heterocycles. The van der Waals surface area contributed by atoms with Gasteiger partial charge in [0.15, 0.2) is 0 Å². The highest BCUT2D eigenvalue weighted by Gasteiger charge is 2.22. The van der Waals surface area contributed by atoms with E-state index in [0.29, 0.717) is 12.8 Å². The molecule has 244 valence electrons. The summed E-state index contributed by atoms with van der Waals surface area (Å²) in [7, 11) is -4.65. The van der Waals surface area contributed by atoms with E-state index in [1.54, 1.807) is 0 Å². The molecule has 0 bridgehead atoms. The van der Waals surface area contributed by atoms with E-state index >= 15 is 0 Å². The average molecular weight is 619 g/mol. The van der Waals surface area contributed by atoms with Crippen LogP contribution in [0.1, 0.15) is 142 Å². The summed E-state index contributed by atoms with van der Waals surface area (Å²) in [6.07, 6.45) is 43.1. The zero-order valence-electron chi connectivity index (χ0n) is 26.9. The van der Waals surface area contributed by atoms with E-state index in [1.165, 1.54) is 0 Å². The molecule has 0 atom stereocenters. The van der Waals surface area contributed by atoms with Crippen molar-refractivity contribution in [3.8, 4) is 0 Å². The molecule has 0 aliphatic heterocycles. The van der Waals surface area contributed by atoms with E-state index in [1.807, 2.05) is 0 Å². The summed E-state index contributed by atoms with van der Waals surface area (Å²) in [5.74, 6) is -1.77.